The van der Waals surface area contributed by atoms with E-state index in [1.165, 1.54) is 36.5 Å². The van der Waals surface area contributed by atoms with Crippen LogP contribution in [0.1, 0.15) is 78.2 Å². The molecule has 5 rings (SSSR count). The summed E-state index contributed by atoms with van der Waals surface area (Å²) in [5, 5.41) is 18.2. The zero-order valence-corrected chi connectivity index (χ0v) is 30.1. The molecule has 0 spiro atoms. The second kappa shape index (κ2) is 16.8. The van der Waals surface area contributed by atoms with E-state index in [4.69, 9.17) is 5.26 Å². The number of carbonyl (C=O) groups is 4. The highest BCUT2D eigenvalue weighted by Gasteiger charge is 2.44. The van der Waals surface area contributed by atoms with Crippen LogP contribution in [0.5, 0.6) is 0 Å². The van der Waals surface area contributed by atoms with Gasteiger partial charge in [-0.15, -0.1) is 5.10 Å². The molecule has 0 unspecified atom stereocenters. The summed E-state index contributed by atoms with van der Waals surface area (Å²) in [7, 11) is 1.95. The Balaban J connectivity index is 1.35. The molecule has 1 aromatic heterocycles. The Kier molecular flexibility index (Phi) is 12.4. The number of aromatic nitrogens is 2. The molecule has 1 saturated carbocycles. The van der Waals surface area contributed by atoms with Gasteiger partial charge in [0.1, 0.15) is 16.7 Å². The van der Waals surface area contributed by atoms with Crippen LogP contribution in [-0.2, 0) is 20.3 Å². The molecule has 276 valence electrons. The zero-order valence-electron chi connectivity index (χ0n) is 29.3. The third kappa shape index (κ3) is 9.02. The standard InChI is InChI=1S/C37H42F3N7O4S/c1-22-7-9-25(10-8-22)28(19-32(48)37(39,40)27-6-4-5-24(17-27)20-41)34(49)43-30-12-11-26(18-29(30)38)23(2)33(44-35(50)31-21-42-45-52-31)36(51)47-15-13-46(3)14-16-47/h4-6,11-12,17-18,21-23,25,28,33H,7-10,13-16,19H2,1-3H3,(H,43,49)(H,44,50)/t22?,23-,25?,28-,33+/m0/s1. The van der Waals surface area contributed by atoms with Crippen molar-refractivity contribution in [3.8, 4) is 6.07 Å². The number of nitrogens with one attached hydrogen (secondary N) is 2. The highest BCUT2D eigenvalue weighted by Crippen LogP contribution is 2.39. The number of amides is 3. The molecule has 2 fully saturated rings. The Hall–Kier alpha value is -4.68. The molecule has 11 nitrogen and oxygen atoms in total. The van der Waals surface area contributed by atoms with Gasteiger partial charge in [-0.1, -0.05) is 49.4 Å². The lowest BCUT2D eigenvalue weighted by molar-refractivity contribution is -0.147. The van der Waals surface area contributed by atoms with Crippen molar-refractivity contribution in [2.24, 2.45) is 17.8 Å². The fraction of sp³-hybridized carbons (Fsp3) is 0.486. The van der Waals surface area contributed by atoms with Crippen molar-refractivity contribution in [2.45, 2.75) is 63.8 Å². The van der Waals surface area contributed by atoms with Gasteiger partial charge >= 0.3 is 5.92 Å². The Morgan fingerprint density at radius 1 is 1.06 bits per heavy atom. The van der Waals surface area contributed by atoms with E-state index in [0.717, 1.165) is 36.5 Å². The van der Waals surface area contributed by atoms with Crippen LogP contribution in [0, 0.1) is 34.9 Å². The molecule has 2 N–H and O–H groups in total. The van der Waals surface area contributed by atoms with Crippen molar-refractivity contribution < 1.29 is 32.3 Å². The normalized spacial score (nSPS) is 19.9. The lowest BCUT2D eigenvalue weighted by atomic mass is 9.74. The molecule has 2 aliphatic rings. The third-order valence-electron chi connectivity index (χ3n) is 10.3. The van der Waals surface area contributed by atoms with Gasteiger partial charge in [0.2, 0.25) is 17.6 Å². The number of halogens is 3. The minimum Gasteiger partial charge on any atom is -0.339 e. The smallest absolute Gasteiger partial charge is 0.330 e. The maximum absolute atomic E-state index is 15.8. The lowest BCUT2D eigenvalue weighted by Gasteiger charge is -2.36. The molecule has 3 atom stereocenters. The number of rotatable bonds is 12. The predicted molar refractivity (Wildman–Crippen MR) is 188 cm³/mol. The SMILES string of the molecule is CC1CCC([C@H](CC(=O)C(F)(F)c2cccc(C#N)c2)C(=O)Nc2ccc([C@H](C)[C@@H](NC(=O)c3cnns3)C(=O)N3CCN(C)CC3)cc2F)CC1. The van der Waals surface area contributed by atoms with E-state index in [-0.39, 0.29) is 28.0 Å². The molecule has 3 amide bonds. The van der Waals surface area contributed by atoms with Crippen LogP contribution in [0.4, 0.5) is 18.9 Å². The van der Waals surface area contributed by atoms with Crippen LogP contribution in [-0.4, -0.2) is 82.2 Å². The summed E-state index contributed by atoms with van der Waals surface area (Å²) in [6.07, 6.45) is 3.14. The second-order valence-electron chi connectivity index (χ2n) is 13.9. The topological polar surface area (TPSA) is 148 Å². The molecule has 0 bridgehead atoms. The maximum atomic E-state index is 15.8. The van der Waals surface area contributed by atoms with Crippen LogP contribution in [0.25, 0.3) is 0 Å². The number of nitriles is 1. The molecule has 2 aromatic carbocycles. The first-order valence-corrected chi connectivity index (χ1v) is 18.1. The number of hydrogen-bond donors (Lipinski definition) is 2. The summed E-state index contributed by atoms with van der Waals surface area (Å²) >= 11 is 0.876. The fourth-order valence-electron chi connectivity index (χ4n) is 6.87. The molecule has 2 heterocycles. The monoisotopic (exact) mass is 737 g/mol. The van der Waals surface area contributed by atoms with Gasteiger partial charge in [0, 0.05) is 50.0 Å². The molecule has 1 aliphatic heterocycles. The minimum atomic E-state index is -3.94. The van der Waals surface area contributed by atoms with E-state index < -0.39 is 59.2 Å². The van der Waals surface area contributed by atoms with Gasteiger partial charge in [-0.05, 0) is 73.1 Å². The van der Waals surface area contributed by atoms with Crippen molar-refractivity contribution in [3.63, 3.8) is 0 Å². The molecule has 3 aromatic rings. The number of likely N-dealkylation sites (N-methyl/N-ethyl adjacent to an activating group) is 1. The lowest BCUT2D eigenvalue weighted by Crippen LogP contribution is -2.55. The van der Waals surface area contributed by atoms with Gasteiger partial charge in [-0.2, -0.15) is 14.0 Å². The zero-order chi connectivity index (χ0) is 37.6. The number of ketones is 1. The number of carbonyl (C=O) groups excluding carboxylic acids is 4. The molecule has 1 saturated heterocycles. The number of hydrogen-bond acceptors (Lipinski definition) is 9. The number of nitrogens with zero attached hydrogens (tertiary/aromatic N) is 5. The van der Waals surface area contributed by atoms with E-state index >= 15 is 13.2 Å². The van der Waals surface area contributed by atoms with Gasteiger partial charge in [0.25, 0.3) is 5.91 Å². The first kappa shape index (κ1) is 38.5. The van der Waals surface area contributed by atoms with Gasteiger partial charge in [0.05, 0.1) is 23.5 Å². The first-order valence-electron chi connectivity index (χ1n) is 17.4. The number of benzene rings is 2. The average Bonchev–Trinajstić information content (AvgIpc) is 3.69. The Morgan fingerprint density at radius 2 is 1.77 bits per heavy atom. The number of Topliss-reactive ketones (excluding diaryl/α,β-unsaturated/α-hetero) is 1. The highest BCUT2D eigenvalue weighted by molar-refractivity contribution is 7.07. The fourth-order valence-corrected chi connectivity index (χ4v) is 7.29. The Labute approximate surface area is 304 Å². The number of piperazine rings is 1. The summed E-state index contributed by atoms with van der Waals surface area (Å²) in [6, 6.07) is 9.42. The van der Waals surface area contributed by atoms with Gasteiger partial charge in [0.15, 0.2) is 0 Å². The van der Waals surface area contributed by atoms with Crippen LogP contribution >= 0.6 is 11.5 Å². The van der Waals surface area contributed by atoms with E-state index in [2.05, 4.69) is 32.0 Å². The molecule has 52 heavy (non-hydrogen) atoms. The van der Waals surface area contributed by atoms with E-state index in [1.807, 2.05) is 7.05 Å². The van der Waals surface area contributed by atoms with Crippen LogP contribution in [0.2, 0.25) is 0 Å². The Morgan fingerprint density at radius 3 is 2.40 bits per heavy atom. The van der Waals surface area contributed by atoms with Crippen LogP contribution in [0.15, 0.2) is 48.7 Å². The van der Waals surface area contributed by atoms with Crippen molar-refractivity contribution in [3.05, 3.63) is 76.0 Å². The summed E-state index contributed by atoms with van der Waals surface area (Å²) in [4.78, 5) is 57.7. The molecule has 15 heteroatoms. The summed E-state index contributed by atoms with van der Waals surface area (Å²) in [5.74, 6) is -9.69. The quantitative estimate of drug-likeness (QED) is 0.253. The number of alkyl halides is 2. The van der Waals surface area contributed by atoms with Gasteiger partial charge in [-0.25, -0.2) is 4.39 Å². The summed E-state index contributed by atoms with van der Waals surface area (Å²) in [6.45, 7) is 5.97. The van der Waals surface area contributed by atoms with Crippen molar-refractivity contribution in [1.82, 2.24) is 24.7 Å². The average molecular weight is 738 g/mol. The third-order valence-corrected chi connectivity index (χ3v) is 11.0. The first-order chi connectivity index (χ1) is 24.8. The van der Waals surface area contributed by atoms with E-state index in [9.17, 15) is 19.2 Å². The van der Waals surface area contributed by atoms with E-state index in [0.29, 0.717) is 50.5 Å². The molecule has 1 aliphatic carbocycles. The van der Waals surface area contributed by atoms with Gasteiger partial charge < -0.3 is 20.4 Å². The number of anilines is 1. The maximum Gasteiger partial charge on any atom is 0.330 e. The predicted octanol–water partition coefficient (Wildman–Crippen LogP) is 5.36. The molecular formula is C37H42F3N7O4S. The summed E-state index contributed by atoms with van der Waals surface area (Å²) in [5.41, 5.74) is -0.493. The Bertz CT molecular complexity index is 1800. The van der Waals surface area contributed by atoms with Crippen LogP contribution in [0.3, 0.4) is 0 Å². The highest BCUT2D eigenvalue weighted by atomic mass is 32.1. The minimum absolute atomic E-state index is 0.0247. The van der Waals surface area contributed by atoms with E-state index in [1.54, 1.807) is 17.9 Å². The van der Waals surface area contributed by atoms with Crippen LogP contribution < -0.4 is 10.6 Å². The molecular weight excluding hydrogens is 696 g/mol. The van der Waals surface area contributed by atoms with Gasteiger partial charge in [-0.3, -0.25) is 19.2 Å². The van der Waals surface area contributed by atoms with Crippen molar-refractivity contribution >= 4 is 40.7 Å². The van der Waals surface area contributed by atoms with Crippen molar-refractivity contribution in [2.75, 3.05) is 38.5 Å². The second-order valence-corrected chi connectivity index (χ2v) is 14.7. The largest absolute Gasteiger partial charge is 0.339 e. The van der Waals surface area contributed by atoms with Crippen molar-refractivity contribution in [1.29, 1.82) is 5.26 Å². The summed E-state index contributed by atoms with van der Waals surface area (Å²) < 4.78 is 50.4. The molecule has 0 radical (unpaired) electrons.